The van der Waals surface area contributed by atoms with E-state index in [0.717, 1.165) is 11.6 Å². The molecule has 0 heterocycles. The van der Waals surface area contributed by atoms with Gasteiger partial charge in [0.05, 0.1) is 12.6 Å². The van der Waals surface area contributed by atoms with Crippen molar-refractivity contribution in [2.75, 3.05) is 12.4 Å². The molecule has 0 unspecified atom stereocenters. The normalized spacial score (nSPS) is 11.1. The minimum atomic E-state index is -1.39. The zero-order valence-electron chi connectivity index (χ0n) is 10.2. The maximum atomic E-state index is 11.6. The number of rotatable bonds is 5. The van der Waals surface area contributed by atoms with Crippen LogP contribution in [0.1, 0.15) is 12.5 Å². The molecule has 96 valence electrons. The monoisotopic (exact) mass is 248 g/mol. The van der Waals surface area contributed by atoms with Gasteiger partial charge in [-0.2, -0.15) is 0 Å². The van der Waals surface area contributed by atoms with Gasteiger partial charge in [-0.15, -0.1) is 0 Å². The van der Waals surface area contributed by atoms with Crippen LogP contribution in [0.2, 0.25) is 0 Å². The number of aliphatic carboxylic acids is 1. The summed E-state index contributed by atoms with van der Waals surface area (Å²) in [6, 6.07) is 7.07. The molecule has 0 aliphatic heterocycles. The van der Waals surface area contributed by atoms with Gasteiger partial charge in [-0.05, 0) is 30.7 Å². The molecular weight excluding hydrogens is 234 g/mol. The van der Waals surface area contributed by atoms with Gasteiger partial charge in [-0.1, -0.05) is 12.1 Å². The molecule has 0 aliphatic rings. The van der Waals surface area contributed by atoms with Crippen LogP contribution in [0.3, 0.4) is 0 Å². The van der Waals surface area contributed by atoms with E-state index in [2.05, 4.69) is 5.32 Å². The Bertz CT molecular complexity index is 462. The number of carbonyl (C=O) groups is 2. The van der Waals surface area contributed by atoms with Crippen LogP contribution in [0.25, 0.3) is 0 Å². The van der Waals surface area contributed by atoms with Gasteiger partial charge in [-0.25, -0.2) is 0 Å². The Morgan fingerprint density at radius 1 is 1.33 bits per heavy atom. The maximum absolute atomic E-state index is 11.6. The van der Waals surface area contributed by atoms with Crippen LogP contribution in [0, 0.1) is 0 Å². The van der Waals surface area contributed by atoms with Crippen molar-refractivity contribution in [1.82, 2.24) is 0 Å². The topological polar surface area (TPSA) is 78.5 Å². The van der Waals surface area contributed by atoms with Gasteiger partial charge in [0, 0.05) is 18.4 Å². The number of ether oxygens (including phenoxy) is 1. The Hall–Kier alpha value is -2.14. The van der Waals surface area contributed by atoms with Crippen molar-refractivity contribution in [3.8, 4) is 0 Å². The Morgan fingerprint density at radius 2 is 1.94 bits per heavy atom. The number of carbonyl (C=O) groups excluding carboxylic acids is 2. The Kier molecular flexibility index (Phi) is 5.07. The summed E-state index contributed by atoms with van der Waals surface area (Å²) in [5, 5.41) is 12.9. The molecule has 5 heteroatoms. The van der Waals surface area contributed by atoms with Gasteiger partial charge >= 0.3 is 0 Å². The zero-order valence-corrected chi connectivity index (χ0v) is 10.2. The molecule has 0 fully saturated rings. The first-order valence-electron chi connectivity index (χ1n) is 5.31. The summed E-state index contributed by atoms with van der Waals surface area (Å²) in [5.41, 5.74) is 1.65. The molecule has 1 amide bonds. The van der Waals surface area contributed by atoms with E-state index in [4.69, 9.17) is 4.74 Å². The highest BCUT2D eigenvalue weighted by Gasteiger charge is 2.04. The number of methoxy groups -OCH3 is 1. The third-order valence-electron chi connectivity index (χ3n) is 2.22. The predicted molar refractivity (Wildman–Crippen MR) is 64.5 cm³/mol. The maximum Gasteiger partial charge on any atom is 0.251 e. The molecule has 0 bridgehead atoms. The second-order valence-electron chi connectivity index (χ2n) is 3.73. The van der Waals surface area contributed by atoms with Crippen molar-refractivity contribution in [3.63, 3.8) is 0 Å². The lowest BCUT2D eigenvalue weighted by molar-refractivity contribution is -0.297. The van der Waals surface area contributed by atoms with Crippen LogP contribution >= 0.6 is 0 Å². The van der Waals surface area contributed by atoms with E-state index < -0.39 is 11.9 Å². The quantitative estimate of drug-likeness (QED) is 0.768. The highest BCUT2D eigenvalue weighted by atomic mass is 16.5. The molecule has 5 nitrogen and oxygen atoms in total. The van der Waals surface area contributed by atoms with Crippen LogP contribution in [0.15, 0.2) is 35.9 Å². The highest BCUT2D eigenvalue weighted by Crippen LogP contribution is 2.11. The predicted octanol–water partition coefficient (Wildman–Crippen LogP) is 0.468. The molecule has 0 saturated heterocycles. The molecule has 1 aromatic rings. The molecule has 0 aliphatic carbocycles. The average Bonchev–Trinajstić information content (AvgIpc) is 2.31. The summed E-state index contributed by atoms with van der Waals surface area (Å²) in [6.07, 6.45) is 0.759. The molecule has 18 heavy (non-hydrogen) atoms. The van der Waals surface area contributed by atoms with Gasteiger partial charge < -0.3 is 20.0 Å². The number of amides is 1. The SMILES string of the molecule is COCc1ccc(NC(=O)/C(C)=C\C(=O)[O-])cc1. The fraction of sp³-hybridized carbons (Fsp3) is 0.231. The van der Waals surface area contributed by atoms with Crippen LogP contribution < -0.4 is 10.4 Å². The van der Waals surface area contributed by atoms with Gasteiger partial charge in [0.1, 0.15) is 0 Å². The molecule has 0 radical (unpaired) electrons. The van der Waals surface area contributed by atoms with Crippen LogP contribution in [0.5, 0.6) is 0 Å². The number of hydrogen-bond donors (Lipinski definition) is 1. The van der Waals surface area contributed by atoms with Crippen LogP contribution in [-0.2, 0) is 20.9 Å². The number of carboxylic acids is 1. The standard InChI is InChI=1S/C13H15NO4/c1-9(7-12(15)16)13(17)14-11-5-3-10(4-6-11)8-18-2/h3-7H,8H2,1-2H3,(H,14,17)(H,15,16)/p-1/b9-7-. The Labute approximate surface area is 105 Å². The molecule has 0 saturated carbocycles. The summed E-state index contributed by atoms with van der Waals surface area (Å²) in [7, 11) is 1.60. The minimum Gasteiger partial charge on any atom is -0.545 e. The van der Waals surface area contributed by atoms with Crippen LogP contribution in [0.4, 0.5) is 5.69 Å². The molecule has 1 rings (SSSR count). The number of benzene rings is 1. The number of anilines is 1. The average molecular weight is 248 g/mol. The molecule has 0 spiro atoms. The molecule has 1 N–H and O–H groups in total. The fourth-order valence-electron chi connectivity index (χ4n) is 1.32. The first-order valence-corrected chi connectivity index (χ1v) is 5.31. The Balaban J connectivity index is 2.67. The van der Waals surface area contributed by atoms with E-state index in [0.29, 0.717) is 12.3 Å². The lowest BCUT2D eigenvalue weighted by atomic mass is 10.2. The van der Waals surface area contributed by atoms with Crippen molar-refractivity contribution >= 4 is 17.6 Å². The van der Waals surface area contributed by atoms with Gasteiger partial charge in [0.2, 0.25) is 0 Å². The van der Waals surface area contributed by atoms with Crippen LogP contribution in [-0.4, -0.2) is 19.0 Å². The fourth-order valence-corrected chi connectivity index (χ4v) is 1.32. The largest absolute Gasteiger partial charge is 0.545 e. The third kappa shape index (κ3) is 4.39. The Morgan fingerprint density at radius 3 is 2.44 bits per heavy atom. The van der Waals surface area contributed by atoms with E-state index in [1.54, 1.807) is 19.2 Å². The van der Waals surface area contributed by atoms with Crippen molar-refractivity contribution in [3.05, 3.63) is 41.5 Å². The summed E-state index contributed by atoms with van der Waals surface area (Å²) < 4.78 is 4.96. The summed E-state index contributed by atoms with van der Waals surface area (Å²) in [4.78, 5) is 21.9. The second kappa shape index (κ2) is 6.56. The molecule has 0 atom stereocenters. The van der Waals surface area contributed by atoms with Crippen molar-refractivity contribution in [2.24, 2.45) is 0 Å². The zero-order chi connectivity index (χ0) is 13.5. The second-order valence-corrected chi connectivity index (χ2v) is 3.73. The number of hydrogen-bond acceptors (Lipinski definition) is 4. The molecule has 0 aromatic heterocycles. The van der Waals surface area contributed by atoms with E-state index in [1.165, 1.54) is 6.92 Å². The van der Waals surface area contributed by atoms with E-state index in [1.807, 2.05) is 12.1 Å². The lowest BCUT2D eigenvalue weighted by Crippen LogP contribution is -2.22. The van der Waals surface area contributed by atoms with E-state index >= 15 is 0 Å². The number of carboxylic acid groups (broad SMARTS) is 1. The van der Waals surface area contributed by atoms with Gasteiger partial charge in [0.15, 0.2) is 0 Å². The summed E-state index contributed by atoms with van der Waals surface area (Å²) in [5.74, 6) is -1.86. The minimum absolute atomic E-state index is 0.0796. The smallest absolute Gasteiger partial charge is 0.251 e. The molecule has 1 aromatic carbocycles. The third-order valence-corrected chi connectivity index (χ3v) is 2.22. The lowest BCUT2D eigenvalue weighted by Gasteiger charge is -2.07. The van der Waals surface area contributed by atoms with Gasteiger partial charge in [-0.3, -0.25) is 4.79 Å². The molecular formula is C13H14NO4-. The van der Waals surface area contributed by atoms with E-state index in [9.17, 15) is 14.7 Å². The van der Waals surface area contributed by atoms with Crippen molar-refractivity contribution in [1.29, 1.82) is 0 Å². The van der Waals surface area contributed by atoms with E-state index in [-0.39, 0.29) is 5.57 Å². The summed E-state index contributed by atoms with van der Waals surface area (Å²) >= 11 is 0. The summed E-state index contributed by atoms with van der Waals surface area (Å²) in [6.45, 7) is 1.91. The first kappa shape index (κ1) is 13.9. The van der Waals surface area contributed by atoms with Crippen molar-refractivity contribution < 1.29 is 19.4 Å². The van der Waals surface area contributed by atoms with Crippen molar-refractivity contribution in [2.45, 2.75) is 13.5 Å². The van der Waals surface area contributed by atoms with Gasteiger partial charge in [0.25, 0.3) is 5.91 Å². The number of nitrogens with one attached hydrogen (secondary N) is 1. The first-order chi connectivity index (χ1) is 8.52. The highest BCUT2D eigenvalue weighted by molar-refractivity contribution is 6.06.